The first-order chi connectivity index (χ1) is 11.0. The van der Waals surface area contributed by atoms with Crippen LogP contribution in [-0.2, 0) is 9.59 Å². The minimum atomic E-state index is -1.82. The number of carboxylic acids is 2. The van der Waals surface area contributed by atoms with Gasteiger partial charge in [0.05, 0.1) is 6.61 Å². The molecule has 7 nitrogen and oxygen atoms in total. The molecule has 1 aliphatic heterocycles. The third-order valence-corrected chi connectivity index (χ3v) is 3.81. The summed E-state index contributed by atoms with van der Waals surface area (Å²) >= 11 is 2.30. The monoisotopic (exact) mass is 436 g/mol. The minimum Gasteiger partial charge on any atom is -0.494 e. The van der Waals surface area contributed by atoms with Gasteiger partial charge in [-0.1, -0.05) is 0 Å². The fraction of sp³-hybridized carbons (Fsp3) is 0.467. The second-order valence-electron chi connectivity index (χ2n) is 4.86. The fourth-order valence-electron chi connectivity index (χ4n) is 1.94. The van der Waals surface area contributed by atoms with E-state index in [0.717, 1.165) is 38.4 Å². The Morgan fingerprint density at radius 1 is 1.13 bits per heavy atom. The van der Waals surface area contributed by atoms with Crippen LogP contribution in [-0.4, -0.2) is 66.4 Å². The molecule has 0 atom stereocenters. The van der Waals surface area contributed by atoms with E-state index < -0.39 is 11.9 Å². The number of hydrogen-bond acceptors (Lipinski definition) is 5. The van der Waals surface area contributed by atoms with Crippen molar-refractivity contribution < 1.29 is 24.5 Å². The lowest BCUT2D eigenvalue weighted by Crippen LogP contribution is -2.43. The molecule has 1 fully saturated rings. The highest BCUT2D eigenvalue weighted by Crippen LogP contribution is 2.13. The van der Waals surface area contributed by atoms with Crippen LogP contribution >= 0.6 is 22.6 Å². The van der Waals surface area contributed by atoms with E-state index in [4.69, 9.17) is 24.5 Å². The number of hydrogen-bond donors (Lipinski definition) is 3. The maximum absolute atomic E-state index is 9.10. The van der Waals surface area contributed by atoms with Gasteiger partial charge in [-0.3, -0.25) is 0 Å². The highest BCUT2D eigenvalue weighted by molar-refractivity contribution is 14.1. The maximum Gasteiger partial charge on any atom is 0.414 e. The van der Waals surface area contributed by atoms with Crippen molar-refractivity contribution in [3.05, 3.63) is 27.8 Å². The molecule has 1 saturated heterocycles. The molecule has 0 saturated carbocycles. The first-order valence-electron chi connectivity index (χ1n) is 7.26. The third kappa shape index (κ3) is 9.36. The van der Waals surface area contributed by atoms with Crippen LogP contribution in [0.3, 0.4) is 0 Å². The Hall–Kier alpha value is -1.39. The zero-order chi connectivity index (χ0) is 17.1. The number of ether oxygens (including phenoxy) is 1. The van der Waals surface area contributed by atoms with Crippen LogP contribution < -0.4 is 10.1 Å². The number of nitrogens with zero attached hydrogens (tertiary/aromatic N) is 1. The normalized spacial score (nSPS) is 14.5. The van der Waals surface area contributed by atoms with Crippen molar-refractivity contribution in [2.45, 2.75) is 6.42 Å². The van der Waals surface area contributed by atoms with Crippen molar-refractivity contribution in [3.63, 3.8) is 0 Å². The van der Waals surface area contributed by atoms with Gasteiger partial charge >= 0.3 is 11.9 Å². The Bertz CT molecular complexity index is 477. The predicted octanol–water partition coefficient (Wildman–Crippen LogP) is 1.12. The van der Waals surface area contributed by atoms with Crippen LogP contribution in [0.1, 0.15) is 6.42 Å². The number of carbonyl (C=O) groups is 2. The van der Waals surface area contributed by atoms with E-state index >= 15 is 0 Å². The van der Waals surface area contributed by atoms with E-state index in [1.54, 1.807) is 0 Å². The van der Waals surface area contributed by atoms with Crippen molar-refractivity contribution in [2.75, 3.05) is 39.3 Å². The topological polar surface area (TPSA) is 99.1 Å². The van der Waals surface area contributed by atoms with Crippen LogP contribution in [0.15, 0.2) is 24.3 Å². The molecule has 0 radical (unpaired) electrons. The largest absolute Gasteiger partial charge is 0.494 e. The predicted molar refractivity (Wildman–Crippen MR) is 93.9 cm³/mol. The van der Waals surface area contributed by atoms with E-state index in [1.165, 1.54) is 16.7 Å². The SMILES string of the molecule is Ic1ccc(OCCCN2CCNCC2)cc1.O=C(O)C(=O)O. The van der Waals surface area contributed by atoms with Gasteiger partial charge in [0.15, 0.2) is 0 Å². The molecule has 0 spiro atoms. The molecule has 0 aromatic heterocycles. The van der Waals surface area contributed by atoms with E-state index in [-0.39, 0.29) is 0 Å². The summed E-state index contributed by atoms with van der Waals surface area (Å²) in [6, 6.07) is 8.22. The molecule has 1 heterocycles. The van der Waals surface area contributed by atoms with Gasteiger partial charge in [-0.15, -0.1) is 0 Å². The third-order valence-electron chi connectivity index (χ3n) is 3.09. The second-order valence-corrected chi connectivity index (χ2v) is 6.10. The molecule has 1 aliphatic rings. The molecule has 8 heteroatoms. The Morgan fingerprint density at radius 2 is 1.70 bits per heavy atom. The lowest BCUT2D eigenvalue weighted by molar-refractivity contribution is -0.159. The summed E-state index contributed by atoms with van der Waals surface area (Å²) < 4.78 is 6.95. The summed E-state index contributed by atoms with van der Waals surface area (Å²) in [7, 11) is 0. The summed E-state index contributed by atoms with van der Waals surface area (Å²) in [6.45, 7) is 6.54. The molecule has 2 rings (SSSR count). The quantitative estimate of drug-likeness (QED) is 0.362. The molecule has 0 aliphatic carbocycles. The van der Waals surface area contributed by atoms with Crippen LogP contribution in [0.25, 0.3) is 0 Å². The molecule has 0 bridgehead atoms. The molecule has 128 valence electrons. The number of aliphatic carboxylic acids is 2. The van der Waals surface area contributed by atoms with Crippen LogP contribution in [0.4, 0.5) is 0 Å². The summed E-state index contributed by atoms with van der Waals surface area (Å²) in [5, 5.41) is 18.1. The summed E-state index contributed by atoms with van der Waals surface area (Å²) in [4.78, 5) is 20.7. The summed E-state index contributed by atoms with van der Waals surface area (Å²) in [5.41, 5.74) is 0. The Balaban J connectivity index is 0.000000379. The number of rotatable bonds is 5. The van der Waals surface area contributed by atoms with Crippen molar-refractivity contribution in [2.24, 2.45) is 0 Å². The Kier molecular flexibility index (Phi) is 9.57. The molecule has 0 amide bonds. The number of benzene rings is 1. The number of halogens is 1. The first kappa shape index (κ1) is 19.7. The fourth-order valence-corrected chi connectivity index (χ4v) is 2.30. The van der Waals surface area contributed by atoms with Crippen LogP contribution in [0.5, 0.6) is 5.75 Å². The molecular formula is C15H21IN2O5. The minimum absolute atomic E-state index is 0.810. The molecule has 3 N–H and O–H groups in total. The van der Waals surface area contributed by atoms with Gasteiger partial charge in [0.25, 0.3) is 0 Å². The molecule has 1 aromatic rings. The smallest absolute Gasteiger partial charge is 0.414 e. The highest BCUT2D eigenvalue weighted by atomic mass is 127. The number of carboxylic acid groups (broad SMARTS) is 2. The van der Waals surface area contributed by atoms with Gasteiger partial charge in [0.2, 0.25) is 0 Å². The standard InChI is InChI=1S/C13H19IN2O.C2H2O4/c14-12-2-4-13(5-3-12)17-11-1-8-16-9-6-15-7-10-16;3-1(4)2(5)6/h2-5,15H,1,6-11H2;(H,3,4)(H,5,6). The van der Waals surface area contributed by atoms with Crippen molar-refractivity contribution >= 4 is 34.5 Å². The average Bonchev–Trinajstić information content (AvgIpc) is 2.55. The van der Waals surface area contributed by atoms with Crippen molar-refractivity contribution in [3.8, 4) is 5.75 Å². The lowest BCUT2D eigenvalue weighted by Gasteiger charge is -2.26. The van der Waals surface area contributed by atoms with Gasteiger partial charge in [0, 0.05) is 36.3 Å². The van der Waals surface area contributed by atoms with Crippen LogP contribution in [0.2, 0.25) is 0 Å². The van der Waals surface area contributed by atoms with E-state index in [2.05, 4.69) is 44.9 Å². The second kappa shape index (κ2) is 11.2. The van der Waals surface area contributed by atoms with Gasteiger partial charge in [-0.2, -0.15) is 0 Å². The van der Waals surface area contributed by atoms with Crippen LogP contribution in [0, 0.1) is 3.57 Å². The molecular weight excluding hydrogens is 415 g/mol. The highest BCUT2D eigenvalue weighted by Gasteiger charge is 2.08. The molecule has 0 unspecified atom stereocenters. The van der Waals surface area contributed by atoms with Gasteiger partial charge in [-0.05, 0) is 53.3 Å². The van der Waals surface area contributed by atoms with Crippen molar-refractivity contribution in [1.29, 1.82) is 0 Å². The lowest BCUT2D eigenvalue weighted by atomic mass is 10.3. The Labute approximate surface area is 148 Å². The van der Waals surface area contributed by atoms with Gasteiger partial charge in [-0.25, -0.2) is 9.59 Å². The number of nitrogens with one attached hydrogen (secondary N) is 1. The molecule has 23 heavy (non-hydrogen) atoms. The zero-order valence-corrected chi connectivity index (χ0v) is 14.9. The average molecular weight is 436 g/mol. The first-order valence-corrected chi connectivity index (χ1v) is 8.34. The van der Waals surface area contributed by atoms with Gasteiger partial charge in [0.1, 0.15) is 5.75 Å². The van der Waals surface area contributed by atoms with E-state index in [0.29, 0.717) is 0 Å². The zero-order valence-electron chi connectivity index (χ0n) is 12.7. The number of piperazine rings is 1. The summed E-state index contributed by atoms with van der Waals surface area (Å²) in [6.07, 6.45) is 1.10. The summed E-state index contributed by atoms with van der Waals surface area (Å²) in [5.74, 6) is -2.67. The van der Waals surface area contributed by atoms with Crippen molar-refractivity contribution in [1.82, 2.24) is 10.2 Å². The van der Waals surface area contributed by atoms with Gasteiger partial charge < -0.3 is 25.2 Å². The van der Waals surface area contributed by atoms with E-state index in [1.807, 2.05) is 12.1 Å². The maximum atomic E-state index is 9.10. The van der Waals surface area contributed by atoms with E-state index in [9.17, 15) is 0 Å². The molecule has 1 aromatic carbocycles. The Morgan fingerprint density at radius 3 is 2.22 bits per heavy atom.